The van der Waals surface area contributed by atoms with Crippen LogP contribution in [0, 0.1) is 12.8 Å². The van der Waals surface area contributed by atoms with Crippen LogP contribution in [0.5, 0.6) is 0 Å². The lowest BCUT2D eigenvalue weighted by Crippen LogP contribution is -2.22. The SMILES string of the molecule is COC(=O)[C@H]1Cc2ccccc2[C@H]1CC(=O)c1ccc(C)cc1. The van der Waals surface area contributed by atoms with E-state index in [0.29, 0.717) is 18.4 Å². The Kier molecular flexibility index (Phi) is 4.28. The zero-order valence-corrected chi connectivity index (χ0v) is 13.4. The maximum Gasteiger partial charge on any atom is 0.309 e. The number of ketones is 1. The van der Waals surface area contributed by atoms with Gasteiger partial charge < -0.3 is 4.74 Å². The van der Waals surface area contributed by atoms with Gasteiger partial charge in [-0.25, -0.2) is 0 Å². The maximum absolute atomic E-state index is 12.6. The number of carbonyl (C=O) groups is 2. The third-order valence-electron chi connectivity index (χ3n) is 4.66. The Balaban J connectivity index is 1.87. The molecule has 0 aromatic heterocycles. The normalized spacial score (nSPS) is 19.2. The van der Waals surface area contributed by atoms with E-state index in [4.69, 9.17) is 4.74 Å². The fraction of sp³-hybridized carbons (Fsp3) is 0.300. The number of aryl methyl sites for hydroxylation is 1. The molecule has 3 rings (SSSR count). The van der Waals surface area contributed by atoms with Gasteiger partial charge in [0, 0.05) is 17.9 Å². The molecular formula is C20H20O3. The maximum atomic E-state index is 12.6. The van der Waals surface area contributed by atoms with E-state index in [0.717, 1.165) is 16.7 Å². The highest BCUT2D eigenvalue weighted by Gasteiger charge is 2.38. The van der Waals surface area contributed by atoms with Crippen molar-refractivity contribution in [3.05, 3.63) is 70.8 Å². The van der Waals surface area contributed by atoms with Crippen LogP contribution in [0.25, 0.3) is 0 Å². The molecule has 0 N–H and O–H groups in total. The Morgan fingerprint density at radius 3 is 2.48 bits per heavy atom. The lowest BCUT2D eigenvalue weighted by Gasteiger charge is -2.18. The standard InChI is InChI=1S/C20H20O3/c1-13-7-9-14(10-8-13)19(21)12-17-16-6-4-3-5-15(16)11-18(17)20(22)23-2/h3-10,17-18H,11-12H2,1-2H3/t17-,18+/m1/s1. The largest absolute Gasteiger partial charge is 0.469 e. The number of rotatable bonds is 4. The fourth-order valence-corrected chi connectivity index (χ4v) is 3.39. The van der Waals surface area contributed by atoms with Crippen molar-refractivity contribution in [3.8, 4) is 0 Å². The number of hydrogen-bond donors (Lipinski definition) is 0. The summed E-state index contributed by atoms with van der Waals surface area (Å²) in [6.07, 6.45) is 0.981. The summed E-state index contributed by atoms with van der Waals surface area (Å²) >= 11 is 0. The number of ether oxygens (including phenoxy) is 1. The molecule has 1 aliphatic rings. The summed E-state index contributed by atoms with van der Waals surface area (Å²) in [6, 6.07) is 15.6. The lowest BCUT2D eigenvalue weighted by atomic mass is 9.86. The molecule has 0 saturated carbocycles. The molecule has 2 aromatic rings. The van der Waals surface area contributed by atoms with Gasteiger partial charge in [-0.3, -0.25) is 9.59 Å². The summed E-state index contributed by atoms with van der Waals surface area (Å²) in [6.45, 7) is 1.99. The van der Waals surface area contributed by atoms with Crippen LogP contribution in [0.4, 0.5) is 0 Å². The minimum atomic E-state index is -0.271. The summed E-state index contributed by atoms with van der Waals surface area (Å²) in [4.78, 5) is 24.7. The fourth-order valence-electron chi connectivity index (χ4n) is 3.39. The van der Waals surface area contributed by atoms with Crippen molar-refractivity contribution < 1.29 is 14.3 Å². The van der Waals surface area contributed by atoms with Crippen molar-refractivity contribution >= 4 is 11.8 Å². The average Bonchev–Trinajstić information content (AvgIpc) is 2.93. The van der Waals surface area contributed by atoms with Gasteiger partial charge in [0.05, 0.1) is 13.0 Å². The van der Waals surface area contributed by atoms with Crippen molar-refractivity contribution in [2.75, 3.05) is 7.11 Å². The van der Waals surface area contributed by atoms with Gasteiger partial charge in [-0.1, -0.05) is 54.1 Å². The number of benzene rings is 2. The highest BCUT2D eigenvalue weighted by molar-refractivity contribution is 5.97. The highest BCUT2D eigenvalue weighted by Crippen LogP contribution is 2.41. The summed E-state index contributed by atoms with van der Waals surface area (Å²) < 4.78 is 4.95. The summed E-state index contributed by atoms with van der Waals surface area (Å²) in [5.74, 6) is -0.539. The third-order valence-corrected chi connectivity index (χ3v) is 4.66. The van der Waals surface area contributed by atoms with Gasteiger partial charge in [0.1, 0.15) is 0 Å². The van der Waals surface area contributed by atoms with E-state index in [1.807, 2.05) is 55.5 Å². The molecule has 23 heavy (non-hydrogen) atoms. The lowest BCUT2D eigenvalue weighted by molar-refractivity contribution is -0.145. The quantitative estimate of drug-likeness (QED) is 0.639. The van der Waals surface area contributed by atoms with Crippen LogP contribution in [-0.4, -0.2) is 18.9 Å². The molecule has 0 heterocycles. The van der Waals surface area contributed by atoms with Crippen LogP contribution in [-0.2, 0) is 16.0 Å². The zero-order valence-electron chi connectivity index (χ0n) is 13.4. The van der Waals surface area contributed by atoms with Gasteiger partial charge in [0.25, 0.3) is 0 Å². The predicted molar refractivity (Wildman–Crippen MR) is 88.5 cm³/mol. The van der Waals surface area contributed by atoms with Crippen LogP contribution in [0.3, 0.4) is 0 Å². The van der Waals surface area contributed by atoms with Crippen molar-refractivity contribution in [2.24, 2.45) is 5.92 Å². The van der Waals surface area contributed by atoms with E-state index in [-0.39, 0.29) is 23.6 Å². The van der Waals surface area contributed by atoms with E-state index in [1.54, 1.807) is 0 Å². The molecule has 1 aliphatic carbocycles. The van der Waals surface area contributed by atoms with Crippen molar-refractivity contribution in [2.45, 2.75) is 25.7 Å². The second-order valence-electron chi connectivity index (χ2n) is 6.13. The van der Waals surface area contributed by atoms with Gasteiger partial charge in [0.2, 0.25) is 0 Å². The molecule has 3 heteroatoms. The molecule has 0 spiro atoms. The molecule has 0 fully saturated rings. The number of Topliss-reactive ketones (excluding diaryl/α,β-unsaturated/α-hetero) is 1. The van der Waals surface area contributed by atoms with E-state index >= 15 is 0 Å². The Labute approximate surface area is 136 Å². The minimum Gasteiger partial charge on any atom is -0.469 e. The molecule has 0 radical (unpaired) electrons. The molecule has 3 nitrogen and oxygen atoms in total. The molecule has 0 amide bonds. The number of hydrogen-bond acceptors (Lipinski definition) is 3. The van der Waals surface area contributed by atoms with Gasteiger partial charge in [-0.05, 0) is 24.5 Å². The molecule has 118 valence electrons. The Morgan fingerprint density at radius 1 is 1.09 bits per heavy atom. The van der Waals surface area contributed by atoms with Crippen molar-refractivity contribution in [1.29, 1.82) is 0 Å². The predicted octanol–water partition coefficient (Wildman–Crippen LogP) is 3.70. The Hall–Kier alpha value is -2.42. The van der Waals surface area contributed by atoms with Crippen LogP contribution in [0.15, 0.2) is 48.5 Å². The summed E-state index contributed by atoms with van der Waals surface area (Å²) in [5, 5.41) is 0. The van der Waals surface area contributed by atoms with Gasteiger partial charge in [-0.2, -0.15) is 0 Å². The second-order valence-corrected chi connectivity index (χ2v) is 6.13. The number of methoxy groups -OCH3 is 1. The van der Waals surface area contributed by atoms with Crippen LogP contribution >= 0.6 is 0 Å². The van der Waals surface area contributed by atoms with Crippen LogP contribution in [0.2, 0.25) is 0 Å². The Bertz CT molecular complexity index is 731. The zero-order chi connectivity index (χ0) is 16.4. The monoisotopic (exact) mass is 308 g/mol. The molecular weight excluding hydrogens is 288 g/mol. The van der Waals surface area contributed by atoms with E-state index in [9.17, 15) is 9.59 Å². The highest BCUT2D eigenvalue weighted by atomic mass is 16.5. The molecule has 0 aliphatic heterocycles. The Morgan fingerprint density at radius 2 is 1.78 bits per heavy atom. The third kappa shape index (κ3) is 3.04. The first kappa shape index (κ1) is 15.5. The first-order valence-electron chi connectivity index (χ1n) is 7.85. The molecule has 0 unspecified atom stereocenters. The molecule has 2 atom stereocenters. The first-order valence-corrected chi connectivity index (χ1v) is 7.85. The van der Waals surface area contributed by atoms with Gasteiger partial charge >= 0.3 is 5.97 Å². The number of esters is 1. The van der Waals surface area contributed by atoms with E-state index in [1.165, 1.54) is 7.11 Å². The summed E-state index contributed by atoms with van der Waals surface area (Å²) in [7, 11) is 1.41. The van der Waals surface area contributed by atoms with Gasteiger partial charge in [0.15, 0.2) is 5.78 Å². The summed E-state index contributed by atoms with van der Waals surface area (Å²) in [5.41, 5.74) is 4.07. The average molecular weight is 308 g/mol. The van der Waals surface area contributed by atoms with Crippen LogP contribution in [0.1, 0.15) is 39.4 Å². The van der Waals surface area contributed by atoms with E-state index in [2.05, 4.69) is 0 Å². The molecule has 2 aromatic carbocycles. The van der Waals surface area contributed by atoms with Crippen LogP contribution < -0.4 is 0 Å². The number of carbonyl (C=O) groups excluding carboxylic acids is 2. The van der Waals surface area contributed by atoms with Gasteiger partial charge in [-0.15, -0.1) is 0 Å². The smallest absolute Gasteiger partial charge is 0.309 e. The van der Waals surface area contributed by atoms with Crippen molar-refractivity contribution in [1.82, 2.24) is 0 Å². The molecule has 0 saturated heterocycles. The topological polar surface area (TPSA) is 43.4 Å². The van der Waals surface area contributed by atoms with Crippen molar-refractivity contribution in [3.63, 3.8) is 0 Å². The molecule has 0 bridgehead atoms. The first-order chi connectivity index (χ1) is 11.1. The second kappa shape index (κ2) is 6.37. The van der Waals surface area contributed by atoms with E-state index < -0.39 is 0 Å². The number of fused-ring (bicyclic) bond motifs is 1. The minimum absolute atomic E-state index is 0.0700.